The Morgan fingerprint density at radius 1 is 1.42 bits per heavy atom. The summed E-state index contributed by atoms with van der Waals surface area (Å²) in [6, 6.07) is 6.96. The van der Waals surface area contributed by atoms with Crippen LogP contribution in [0.1, 0.15) is 29.8 Å². The second-order valence-corrected chi connectivity index (χ2v) is 5.11. The van der Waals surface area contributed by atoms with E-state index in [1.54, 1.807) is 24.3 Å². The molecule has 19 heavy (non-hydrogen) atoms. The molecule has 1 aromatic rings. The van der Waals surface area contributed by atoms with Crippen LogP contribution >= 0.6 is 12.2 Å². The van der Waals surface area contributed by atoms with Gasteiger partial charge in [0.1, 0.15) is 4.99 Å². The first-order valence-corrected chi connectivity index (χ1v) is 6.67. The van der Waals surface area contributed by atoms with Crippen molar-refractivity contribution in [2.24, 2.45) is 11.7 Å². The van der Waals surface area contributed by atoms with Crippen molar-refractivity contribution in [3.05, 3.63) is 35.4 Å². The van der Waals surface area contributed by atoms with Crippen molar-refractivity contribution in [3.63, 3.8) is 0 Å². The van der Waals surface area contributed by atoms with E-state index in [0.29, 0.717) is 36.8 Å². The van der Waals surface area contributed by atoms with Gasteiger partial charge in [0.25, 0.3) is 5.91 Å². The highest BCUT2D eigenvalue weighted by atomic mass is 32.1. The van der Waals surface area contributed by atoms with Gasteiger partial charge in [-0.3, -0.25) is 4.79 Å². The van der Waals surface area contributed by atoms with Crippen molar-refractivity contribution in [2.45, 2.75) is 13.8 Å². The van der Waals surface area contributed by atoms with Crippen LogP contribution in [-0.2, 0) is 4.74 Å². The van der Waals surface area contributed by atoms with Crippen LogP contribution in [0.5, 0.6) is 0 Å². The highest BCUT2D eigenvalue weighted by Gasteiger charge is 2.06. The van der Waals surface area contributed by atoms with Crippen LogP contribution < -0.4 is 11.1 Å². The van der Waals surface area contributed by atoms with Crippen molar-refractivity contribution in [1.29, 1.82) is 0 Å². The Morgan fingerprint density at radius 2 is 2.11 bits per heavy atom. The summed E-state index contributed by atoms with van der Waals surface area (Å²) in [5, 5.41) is 2.79. The number of nitrogens with one attached hydrogen (secondary N) is 1. The Morgan fingerprint density at radius 3 is 2.74 bits per heavy atom. The van der Waals surface area contributed by atoms with E-state index < -0.39 is 0 Å². The highest BCUT2D eigenvalue weighted by molar-refractivity contribution is 7.80. The van der Waals surface area contributed by atoms with E-state index in [1.807, 2.05) is 0 Å². The van der Waals surface area contributed by atoms with Crippen molar-refractivity contribution >= 4 is 23.1 Å². The lowest BCUT2D eigenvalue weighted by Gasteiger charge is -2.08. The van der Waals surface area contributed by atoms with E-state index >= 15 is 0 Å². The molecule has 3 N–H and O–H groups in total. The Kier molecular flexibility index (Phi) is 6.45. The molecular weight excluding hydrogens is 260 g/mol. The fourth-order valence-electron chi connectivity index (χ4n) is 1.47. The number of thiocarbonyl (C=S) groups is 1. The molecule has 0 aliphatic heterocycles. The molecule has 0 atom stereocenters. The van der Waals surface area contributed by atoms with Crippen molar-refractivity contribution < 1.29 is 9.53 Å². The molecule has 0 spiro atoms. The fraction of sp³-hybridized carbons (Fsp3) is 0.429. The summed E-state index contributed by atoms with van der Waals surface area (Å²) in [5.41, 5.74) is 6.77. The second kappa shape index (κ2) is 7.86. The molecule has 0 radical (unpaired) electrons. The Balaban J connectivity index is 2.41. The first-order valence-electron chi connectivity index (χ1n) is 6.26. The molecule has 104 valence electrons. The van der Waals surface area contributed by atoms with Gasteiger partial charge in [-0.2, -0.15) is 0 Å². The van der Waals surface area contributed by atoms with Gasteiger partial charge in [0.15, 0.2) is 0 Å². The van der Waals surface area contributed by atoms with Crippen LogP contribution in [0.15, 0.2) is 24.3 Å². The number of rotatable bonds is 7. The third kappa shape index (κ3) is 5.81. The smallest absolute Gasteiger partial charge is 0.251 e. The van der Waals surface area contributed by atoms with Crippen molar-refractivity contribution in [1.82, 2.24) is 5.32 Å². The van der Waals surface area contributed by atoms with E-state index in [9.17, 15) is 4.79 Å². The molecule has 5 heteroatoms. The lowest BCUT2D eigenvalue weighted by Crippen LogP contribution is -2.28. The van der Waals surface area contributed by atoms with E-state index in [2.05, 4.69) is 19.2 Å². The van der Waals surface area contributed by atoms with Crippen LogP contribution in [-0.4, -0.2) is 30.7 Å². The van der Waals surface area contributed by atoms with Gasteiger partial charge in [-0.1, -0.05) is 38.2 Å². The number of benzene rings is 1. The molecule has 1 amide bonds. The molecule has 0 saturated heterocycles. The maximum atomic E-state index is 11.9. The number of amides is 1. The lowest BCUT2D eigenvalue weighted by molar-refractivity contribution is 0.0886. The zero-order chi connectivity index (χ0) is 14.3. The average Bonchev–Trinajstić information content (AvgIpc) is 2.37. The molecule has 1 rings (SSSR count). The Hall–Kier alpha value is -1.46. The lowest BCUT2D eigenvalue weighted by atomic mass is 10.1. The van der Waals surface area contributed by atoms with Gasteiger partial charge in [0, 0.05) is 24.3 Å². The molecule has 0 bridgehead atoms. The minimum absolute atomic E-state index is 0.147. The predicted molar refractivity (Wildman–Crippen MR) is 80.3 cm³/mol. The van der Waals surface area contributed by atoms with Crippen LogP contribution in [0.2, 0.25) is 0 Å². The van der Waals surface area contributed by atoms with Gasteiger partial charge in [-0.05, 0) is 18.1 Å². The molecule has 0 heterocycles. The van der Waals surface area contributed by atoms with Gasteiger partial charge in [0.05, 0.1) is 6.61 Å². The van der Waals surface area contributed by atoms with Crippen molar-refractivity contribution in [2.75, 3.05) is 19.8 Å². The van der Waals surface area contributed by atoms with Crippen LogP contribution in [0.4, 0.5) is 0 Å². The number of hydrogen-bond acceptors (Lipinski definition) is 3. The zero-order valence-corrected chi connectivity index (χ0v) is 12.1. The van der Waals surface area contributed by atoms with E-state index in [1.165, 1.54) is 0 Å². The average molecular weight is 280 g/mol. The van der Waals surface area contributed by atoms with Crippen LogP contribution in [0.3, 0.4) is 0 Å². The largest absolute Gasteiger partial charge is 0.389 e. The first kappa shape index (κ1) is 15.6. The highest BCUT2D eigenvalue weighted by Crippen LogP contribution is 2.05. The summed E-state index contributed by atoms with van der Waals surface area (Å²) < 4.78 is 5.39. The normalized spacial score (nSPS) is 10.5. The molecule has 0 aliphatic rings. The summed E-state index contributed by atoms with van der Waals surface area (Å²) in [5.74, 6) is 0.351. The first-order chi connectivity index (χ1) is 9.00. The fourth-order valence-corrected chi connectivity index (χ4v) is 1.60. The molecule has 4 nitrogen and oxygen atoms in total. The molecule has 0 unspecified atom stereocenters. The molecule has 1 aromatic carbocycles. The van der Waals surface area contributed by atoms with E-state index in [-0.39, 0.29) is 10.9 Å². The topological polar surface area (TPSA) is 64.3 Å². The quantitative estimate of drug-likeness (QED) is 0.589. The second-order valence-electron chi connectivity index (χ2n) is 4.67. The molecular formula is C14H20N2O2S. The minimum Gasteiger partial charge on any atom is -0.389 e. The minimum atomic E-state index is -0.147. The summed E-state index contributed by atoms with van der Waals surface area (Å²) in [4.78, 5) is 12.2. The summed E-state index contributed by atoms with van der Waals surface area (Å²) in [6.45, 7) is 5.87. The number of hydrogen-bond donors (Lipinski definition) is 2. The van der Waals surface area contributed by atoms with Crippen LogP contribution in [0, 0.1) is 5.92 Å². The third-order valence-electron chi connectivity index (χ3n) is 2.39. The summed E-state index contributed by atoms with van der Waals surface area (Å²) in [7, 11) is 0. The number of carbonyl (C=O) groups excluding carboxylic acids is 1. The predicted octanol–water partition coefficient (Wildman–Crippen LogP) is 1.72. The Bertz CT molecular complexity index is 447. The zero-order valence-electron chi connectivity index (χ0n) is 11.3. The number of ether oxygens (including phenoxy) is 1. The number of nitrogens with two attached hydrogens (primary N) is 1. The van der Waals surface area contributed by atoms with E-state index in [0.717, 1.165) is 0 Å². The van der Waals surface area contributed by atoms with Crippen LogP contribution in [0.25, 0.3) is 0 Å². The molecule has 0 fully saturated rings. The van der Waals surface area contributed by atoms with Crippen molar-refractivity contribution in [3.8, 4) is 0 Å². The standard InChI is InChI=1S/C14H20N2O2S/c1-10(2)9-18-7-6-16-14(17)12-5-3-4-11(8-12)13(15)19/h3-5,8,10H,6-7,9H2,1-2H3,(H2,15,19)(H,16,17). The maximum Gasteiger partial charge on any atom is 0.251 e. The SMILES string of the molecule is CC(C)COCCNC(=O)c1cccc(C(N)=S)c1. The van der Waals surface area contributed by atoms with Gasteiger partial charge in [-0.25, -0.2) is 0 Å². The molecule has 0 aromatic heterocycles. The van der Waals surface area contributed by atoms with Gasteiger partial charge >= 0.3 is 0 Å². The van der Waals surface area contributed by atoms with Gasteiger partial charge in [0.2, 0.25) is 0 Å². The molecule has 0 saturated carbocycles. The third-order valence-corrected chi connectivity index (χ3v) is 2.63. The van der Waals surface area contributed by atoms with Gasteiger partial charge in [-0.15, -0.1) is 0 Å². The Labute approximate surface area is 119 Å². The number of carbonyl (C=O) groups is 1. The molecule has 0 aliphatic carbocycles. The maximum absolute atomic E-state index is 11.9. The summed E-state index contributed by atoms with van der Waals surface area (Å²) >= 11 is 4.88. The summed E-state index contributed by atoms with van der Waals surface area (Å²) in [6.07, 6.45) is 0. The van der Waals surface area contributed by atoms with E-state index in [4.69, 9.17) is 22.7 Å². The monoisotopic (exact) mass is 280 g/mol. The van der Waals surface area contributed by atoms with Gasteiger partial charge < -0.3 is 15.8 Å².